The van der Waals surface area contributed by atoms with E-state index in [1.54, 1.807) is 12.1 Å². The molecule has 1 rings (SSSR count). The zero-order chi connectivity index (χ0) is 12.7. The molecule has 0 unspecified atom stereocenters. The van der Waals surface area contributed by atoms with E-state index in [1.165, 1.54) is 11.1 Å². The van der Waals surface area contributed by atoms with Crippen LogP contribution >= 0.6 is 0 Å². The number of amides is 1. The Labute approximate surface area is 98.8 Å². The van der Waals surface area contributed by atoms with Crippen LogP contribution in [0.25, 0.3) is 0 Å². The van der Waals surface area contributed by atoms with Crippen LogP contribution in [0.15, 0.2) is 18.3 Å². The average molecular weight is 240 g/mol. The summed E-state index contributed by atoms with van der Waals surface area (Å²) in [6, 6.07) is 3.19. The van der Waals surface area contributed by atoms with Gasteiger partial charge in [0.15, 0.2) is 5.82 Å². The number of nitrogens with one attached hydrogen (secondary N) is 1. The summed E-state index contributed by atoms with van der Waals surface area (Å²) in [7, 11) is 0. The van der Waals surface area contributed by atoms with Crippen molar-refractivity contribution < 1.29 is 15.0 Å². The molecule has 0 saturated heterocycles. The largest absolute Gasteiger partial charge is 0.395 e. The molecular weight excluding hydrogens is 224 g/mol. The maximum atomic E-state index is 12.1. The van der Waals surface area contributed by atoms with Crippen LogP contribution < -0.4 is 11.3 Å². The summed E-state index contributed by atoms with van der Waals surface area (Å²) in [4.78, 5) is 17.3. The van der Waals surface area contributed by atoms with Crippen molar-refractivity contribution >= 4 is 11.7 Å². The summed E-state index contributed by atoms with van der Waals surface area (Å²) < 4.78 is 0. The highest BCUT2D eigenvalue weighted by Crippen LogP contribution is 2.12. The van der Waals surface area contributed by atoms with Gasteiger partial charge >= 0.3 is 0 Å². The number of hydrogen-bond donors (Lipinski definition) is 4. The van der Waals surface area contributed by atoms with Gasteiger partial charge in [-0.15, -0.1) is 0 Å². The quantitative estimate of drug-likeness (QED) is 0.367. The number of rotatable bonds is 6. The average Bonchev–Trinajstić information content (AvgIpc) is 2.37. The minimum Gasteiger partial charge on any atom is -0.395 e. The van der Waals surface area contributed by atoms with Crippen LogP contribution in [0.1, 0.15) is 10.4 Å². The number of nitrogens with zero attached hydrogens (tertiary/aromatic N) is 2. The number of hydrogen-bond acceptors (Lipinski definition) is 6. The van der Waals surface area contributed by atoms with E-state index < -0.39 is 0 Å². The predicted octanol–water partition coefficient (Wildman–Crippen LogP) is -1.21. The molecule has 5 N–H and O–H groups in total. The molecule has 0 aliphatic carbocycles. The van der Waals surface area contributed by atoms with Crippen LogP contribution in [-0.4, -0.2) is 52.3 Å². The van der Waals surface area contributed by atoms with Crippen LogP contribution in [0.3, 0.4) is 0 Å². The topological polar surface area (TPSA) is 112 Å². The van der Waals surface area contributed by atoms with E-state index in [0.29, 0.717) is 5.56 Å². The zero-order valence-corrected chi connectivity index (χ0v) is 9.33. The van der Waals surface area contributed by atoms with Gasteiger partial charge in [-0.2, -0.15) is 0 Å². The van der Waals surface area contributed by atoms with Crippen molar-refractivity contribution in [2.24, 2.45) is 5.84 Å². The Kier molecular flexibility index (Phi) is 5.34. The third-order valence-electron chi connectivity index (χ3n) is 2.20. The number of hydrazine groups is 1. The monoisotopic (exact) mass is 240 g/mol. The number of aliphatic hydroxyl groups is 2. The van der Waals surface area contributed by atoms with E-state index in [0.717, 1.165) is 0 Å². The summed E-state index contributed by atoms with van der Waals surface area (Å²) in [5.41, 5.74) is 2.63. The number of nitrogens with two attached hydrogens (primary N) is 1. The Hall–Kier alpha value is -1.70. The first kappa shape index (κ1) is 13.4. The van der Waals surface area contributed by atoms with Gasteiger partial charge in [0.25, 0.3) is 5.91 Å². The van der Waals surface area contributed by atoms with Gasteiger partial charge in [-0.3, -0.25) is 4.79 Å². The first-order valence-corrected chi connectivity index (χ1v) is 5.17. The van der Waals surface area contributed by atoms with Crippen molar-refractivity contribution in [3.05, 3.63) is 23.9 Å². The molecule has 7 nitrogen and oxygen atoms in total. The minimum atomic E-state index is -0.339. The van der Waals surface area contributed by atoms with Crippen LogP contribution in [0.4, 0.5) is 5.82 Å². The second-order valence-electron chi connectivity index (χ2n) is 3.28. The van der Waals surface area contributed by atoms with Gasteiger partial charge in [0, 0.05) is 19.3 Å². The van der Waals surface area contributed by atoms with Crippen molar-refractivity contribution in [2.45, 2.75) is 0 Å². The minimum absolute atomic E-state index is 0.151. The Morgan fingerprint density at radius 1 is 1.41 bits per heavy atom. The van der Waals surface area contributed by atoms with Gasteiger partial charge in [0.05, 0.1) is 18.8 Å². The summed E-state index contributed by atoms with van der Waals surface area (Å²) in [6.07, 6.45) is 1.51. The molecule has 0 aromatic carbocycles. The second-order valence-corrected chi connectivity index (χ2v) is 3.28. The maximum absolute atomic E-state index is 12.1. The first-order valence-electron chi connectivity index (χ1n) is 5.17. The third kappa shape index (κ3) is 3.38. The lowest BCUT2D eigenvalue weighted by Crippen LogP contribution is -2.36. The van der Waals surface area contributed by atoms with E-state index in [2.05, 4.69) is 10.4 Å². The highest BCUT2D eigenvalue weighted by atomic mass is 16.3. The van der Waals surface area contributed by atoms with Crippen LogP contribution in [0.2, 0.25) is 0 Å². The molecule has 94 valence electrons. The molecule has 0 radical (unpaired) electrons. The Balaban J connectivity index is 2.92. The highest BCUT2D eigenvalue weighted by Gasteiger charge is 2.18. The third-order valence-corrected chi connectivity index (χ3v) is 2.20. The van der Waals surface area contributed by atoms with Crippen LogP contribution in [-0.2, 0) is 0 Å². The first-order chi connectivity index (χ1) is 8.24. The molecule has 7 heteroatoms. The van der Waals surface area contributed by atoms with Crippen molar-refractivity contribution in [1.82, 2.24) is 9.88 Å². The molecule has 0 aliphatic heterocycles. The number of aromatic nitrogens is 1. The number of pyridine rings is 1. The SMILES string of the molecule is NNc1ncccc1C(=O)N(CCO)CCO. The number of anilines is 1. The molecule has 1 aromatic heterocycles. The molecule has 1 heterocycles. The summed E-state index contributed by atoms with van der Waals surface area (Å²) in [6.45, 7) is -0.0363. The fourth-order valence-corrected chi connectivity index (χ4v) is 1.42. The van der Waals surface area contributed by atoms with Gasteiger partial charge in [-0.1, -0.05) is 0 Å². The fourth-order valence-electron chi connectivity index (χ4n) is 1.42. The van der Waals surface area contributed by atoms with Crippen molar-refractivity contribution in [2.75, 3.05) is 31.7 Å². The fraction of sp³-hybridized carbons (Fsp3) is 0.400. The van der Waals surface area contributed by atoms with E-state index in [9.17, 15) is 4.79 Å². The van der Waals surface area contributed by atoms with Crippen molar-refractivity contribution in [3.63, 3.8) is 0 Å². The number of carbonyl (C=O) groups excluding carboxylic acids is 1. The van der Waals surface area contributed by atoms with Crippen molar-refractivity contribution in [1.29, 1.82) is 0 Å². The van der Waals surface area contributed by atoms with Crippen LogP contribution in [0, 0.1) is 0 Å². The Bertz CT molecular complexity index is 366. The Morgan fingerprint density at radius 2 is 2.06 bits per heavy atom. The number of carbonyl (C=O) groups is 1. The highest BCUT2D eigenvalue weighted by molar-refractivity contribution is 5.98. The molecular formula is C10H16N4O3. The lowest BCUT2D eigenvalue weighted by molar-refractivity contribution is 0.0685. The number of aliphatic hydroxyl groups excluding tert-OH is 2. The molecule has 1 amide bonds. The van der Waals surface area contributed by atoms with E-state index >= 15 is 0 Å². The second kappa shape index (κ2) is 6.79. The lowest BCUT2D eigenvalue weighted by Gasteiger charge is -2.21. The Morgan fingerprint density at radius 3 is 2.59 bits per heavy atom. The number of nitrogen functional groups attached to an aromatic ring is 1. The normalized spacial score (nSPS) is 10.1. The predicted molar refractivity (Wildman–Crippen MR) is 62.1 cm³/mol. The van der Waals surface area contributed by atoms with Crippen LogP contribution in [0.5, 0.6) is 0 Å². The smallest absolute Gasteiger partial charge is 0.257 e. The maximum Gasteiger partial charge on any atom is 0.257 e. The molecule has 0 saturated carbocycles. The summed E-state index contributed by atoms with van der Waals surface area (Å²) >= 11 is 0. The standard InChI is InChI=1S/C10H16N4O3/c11-13-9-8(2-1-3-12-9)10(17)14(4-6-15)5-7-16/h1-3,15-16H,4-7,11H2,(H,12,13). The summed E-state index contributed by atoms with van der Waals surface area (Å²) in [5.74, 6) is 5.18. The lowest BCUT2D eigenvalue weighted by atomic mass is 10.2. The summed E-state index contributed by atoms with van der Waals surface area (Å²) in [5, 5.41) is 17.7. The van der Waals surface area contributed by atoms with Gasteiger partial charge < -0.3 is 20.5 Å². The van der Waals surface area contributed by atoms with Gasteiger partial charge in [0.1, 0.15) is 0 Å². The molecule has 0 aliphatic rings. The molecule has 0 fully saturated rings. The zero-order valence-electron chi connectivity index (χ0n) is 9.33. The van der Waals surface area contributed by atoms with Gasteiger partial charge in [-0.25, -0.2) is 10.8 Å². The van der Waals surface area contributed by atoms with Crippen molar-refractivity contribution in [3.8, 4) is 0 Å². The molecule has 0 bridgehead atoms. The molecule has 1 aromatic rings. The van der Waals surface area contributed by atoms with E-state index in [4.69, 9.17) is 16.1 Å². The van der Waals surface area contributed by atoms with E-state index in [1.807, 2.05) is 0 Å². The molecule has 17 heavy (non-hydrogen) atoms. The van der Waals surface area contributed by atoms with Gasteiger partial charge in [-0.05, 0) is 12.1 Å². The van der Waals surface area contributed by atoms with Gasteiger partial charge in [0.2, 0.25) is 0 Å². The van der Waals surface area contributed by atoms with E-state index in [-0.39, 0.29) is 38.0 Å². The molecule has 0 spiro atoms. The molecule has 0 atom stereocenters.